The number of nitrogens with zero attached hydrogens (tertiary/aromatic N) is 2. The molecule has 4 rings (SSSR count). The smallest absolute Gasteiger partial charge is 0.258 e. The van der Waals surface area contributed by atoms with Gasteiger partial charge in [0.05, 0.1) is 5.69 Å². The van der Waals surface area contributed by atoms with Crippen molar-refractivity contribution in [2.24, 2.45) is 0 Å². The molecule has 1 N–H and O–H groups in total. The lowest BCUT2D eigenvalue weighted by Crippen LogP contribution is -2.48. The van der Waals surface area contributed by atoms with Gasteiger partial charge in [-0.3, -0.25) is 14.4 Å². The summed E-state index contributed by atoms with van der Waals surface area (Å²) in [6, 6.07) is 17.0. The summed E-state index contributed by atoms with van der Waals surface area (Å²) in [5.41, 5.74) is 1.89. The third kappa shape index (κ3) is 5.25. The Morgan fingerprint density at radius 1 is 1.03 bits per heavy atom. The van der Waals surface area contributed by atoms with E-state index in [9.17, 15) is 18.8 Å². The SMILES string of the molecule is CCCCNC(=O)[C@H](C)N(Cc1ccccc1F)C(=O)CCCN1C(=O)c2cccc3cccc1c23. The van der Waals surface area contributed by atoms with Crippen molar-refractivity contribution in [3.8, 4) is 0 Å². The molecule has 36 heavy (non-hydrogen) atoms. The monoisotopic (exact) mass is 489 g/mol. The summed E-state index contributed by atoms with van der Waals surface area (Å²) in [5.74, 6) is -0.993. The molecule has 6 nitrogen and oxygen atoms in total. The first-order chi connectivity index (χ1) is 17.4. The van der Waals surface area contributed by atoms with E-state index in [4.69, 9.17) is 0 Å². The van der Waals surface area contributed by atoms with Gasteiger partial charge in [-0.15, -0.1) is 0 Å². The fourth-order valence-electron chi connectivity index (χ4n) is 4.66. The van der Waals surface area contributed by atoms with Crippen molar-refractivity contribution in [1.82, 2.24) is 10.2 Å². The zero-order valence-corrected chi connectivity index (χ0v) is 20.8. The highest BCUT2D eigenvalue weighted by Gasteiger charge is 2.30. The normalized spacial score (nSPS) is 13.2. The number of benzene rings is 3. The van der Waals surface area contributed by atoms with Gasteiger partial charge in [-0.1, -0.05) is 55.8 Å². The van der Waals surface area contributed by atoms with Gasteiger partial charge in [0.2, 0.25) is 11.8 Å². The number of carbonyl (C=O) groups excluding carboxylic acids is 3. The maximum Gasteiger partial charge on any atom is 0.258 e. The number of unbranched alkanes of at least 4 members (excludes halogenated alkanes) is 1. The lowest BCUT2D eigenvalue weighted by Gasteiger charge is -2.29. The van der Waals surface area contributed by atoms with E-state index in [1.165, 1.54) is 11.0 Å². The van der Waals surface area contributed by atoms with Crippen molar-refractivity contribution in [2.45, 2.75) is 52.1 Å². The zero-order chi connectivity index (χ0) is 25.7. The van der Waals surface area contributed by atoms with Gasteiger partial charge < -0.3 is 15.1 Å². The summed E-state index contributed by atoms with van der Waals surface area (Å²) in [4.78, 5) is 42.2. The van der Waals surface area contributed by atoms with Gasteiger partial charge in [0.1, 0.15) is 11.9 Å². The number of rotatable bonds is 11. The highest BCUT2D eigenvalue weighted by molar-refractivity contribution is 6.25. The molecule has 0 unspecified atom stereocenters. The van der Waals surface area contributed by atoms with Gasteiger partial charge in [0.15, 0.2) is 0 Å². The number of anilines is 1. The molecule has 3 aromatic rings. The van der Waals surface area contributed by atoms with E-state index in [0.29, 0.717) is 30.6 Å². The van der Waals surface area contributed by atoms with Crippen LogP contribution in [0, 0.1) is 5.82 Å². The Morgan fingerprint density at radius 3 is 2.53 bits per heavy atom. The number of halogens is 1. The number of hydrogen-bond acceptors (Lipinski definition) is 3. The van der Waals surface area contributed by atoms with E-state index in [0.717, 1.165) is 29.3 Å². The molecular weight excluding hydrogens is 457 g/mol. The van der Waals surface area contributed by atoms with Crippen molar-refractivity contribution >= 4 is 34.2 Å². The van der Waals surface area contributed by atoms with E-state index in [1.54, 1.807) is 30.0 Å². The third-order valence-corrected chi connectivity index (χ3v) is 6.72. The maximum atomic E-state index is 14.4. The Hall–Kier alpha value is -3.74. The van der Waals surface area contributed by atoms with Crippen LogP contribution in [0.3, 0.4) is 0 Å². The summed E-state index contributed by atoms with van der Waals surface area (Å²) in [5, 5.41) is 4.82. The quantitative estimate of drug-likeness (QED) is 0.383. The average molecular weight is 490 g/mol. The predicted molar refractivity (Wildman–Crippen MR) is 139 cm³/mol. The van der Waals surface area contributed by atoms with E-state index >= 15 is 0 Å². The Balaban J connectivity index is 1.45. The summed E-state index contributed by atoms with van der Waals surface area (Å²) in [7, 11) is 0. The molecule has 0 aromatic heterocycles. The minimum Gasteiger partial charge on any atom is -0.354 e. The predicted octanol–water partition coefficient (Wildman–Crippen LogP) is 5.05. The van der Waals surface area contributed by atoms with Crippen LogP contribution in [0.15, 0.2) is 60.7 Å². The Bertz CT molecular complexity index is 1270. The number of hydrogen-bond donors (Lipinski definition) is 1. The van der Waals surface area contributed by atoms with E-state index in [2.05, 4.69) is 5.32 Å². The van der Waals surface area contributed by atoms with Crippen molar-refractivity contribution in [3.05, 3.63) is 77.6 Å². The van der Waals surface area contributed by atoms with Crippen LogP contribution >= 0.6 is 0 Å². The van der Waals surface area contributed by atoms with Crippen molar-refractivity contribution < 1.29 is 18.8 Å². The lowest BCUT2D eigenvalue weighted by atomic mass is 10.1. The summed E-state index contributed by atoms with van der Waals surface area (Å²) in [6.45, 7) is 4.61. The van der Waals surface area contributed by atoms with Crippen LogP contribution in [0.25, 0.3) is 10.8 Å². The van der Waals surface area contributed by atoms with Gasteiger partial charge >= 0.3 is 0 Å². The van der Waals surface area contributed by atoms with E-state index in [1.807, 2.05) is 43.3 Å². The fraction of sp³-hybridized carbons (Fsp3) is 0.345. The minimum absolute atomic E-state index is 0.00125. The Morgan fingerprint density at radius 2 is 1.78 bits per heavy atom. The number of amides is 3. The van der Waals surface area contributed by atoms with Gasteiger partial charge in [-0.05, 0) is 43.4 Å². The van der Waals surface area contributed by atoms with Crippen molar-refractivity contribution in [1.29, 1.82) is 0 Å². The fourth-order valence-corrected chi connectivity index (χ4v) is 4.66. The Kier molecular flexibility index (Phi) is 7.98. The molecule has 0 aliphatic carbocycles. The van der Waals surface area contributed by atoms with Crippen molar-refractivity contribution in [3.63, 3.8) is 0 Å². The first-order valence-corrected chi connectivity index (χ1v) is 12.6. The molecule has 0 saturated heterocycles. The second kappa shape index (κ2) is 11.3. The summed E-state index contributed by atoms with van der Waals surface area (Å²) >= 11 is 0. The lowest BCUT2D eigenvalue weighted by molar-refractivity contribution is -0.140. The van der Waals surface area contributed by atoms with Crippen LogP contribution in [0.4, 0.5) is 10.1 Å². The molecule has 1 atom stereocenters. The van der Waals surface area contributed by atoms with Gasteiger partial charge in [-0.25, -0.2) is 4.39 Å². The summed E-state index contributed by atoms with van der Waals surface area (Å²) < 4.78 is 14.4. The molecule has 7 heteroatoms. The largest absolute Gasteiger partial charge is 0.354 e. The first kappa shape index (κ1) is 25.4. The zero-order valence-electron chi connectivity index (χ0n) is 20.8. The van der Waals surface area contributed by atoms with Crippen molar-refractivity contribution in [2.75, 3.05) is 18.0 Å². The third-order valence-electron chi connectivity index (χ3n) is 6.72. The topological polar surface area (TPSA) is 69.7 Å². The van der Waals surface area contributed by atoms with Gasteiger partial charge in [0, 0.05) is 42.6 Å². The molecular formula is C29H32FN3O3. The molecule has 1 aliphatic rings. The van der Waals surface area contributed by atoms with Crippen LogP contribution in [-0.2, 0) is 16.1 Å². The number of carbonyl (C=O) groups is 3. The summed E-state index contributed by atoms with van der Waals surface area (Å²) in [6.07, 6.45) is 2.35. The molecule has 0 radical (unpaired) electrons. The van der Waals surface area contributed by atoms with E-state index < -0.39 is 11.9 Å². The maximum absolute atomic E-state index is 14.4. The Labute approximate surface area is 211 Å². The van der Waals surface area contributed by atoms with Crippen LogP contribution in [-0.4, -0.2) is 41.8 Å². The van der Waals surface area contributed by atoms with Crippen LogP contribution in [0.1, 0.15) is 55.5 Å². The average Bonchev–Trinajstić information content (AvgIpc) is 3.16. The van der Waals surface area contributed by atoms with Gasteiger partial charge in [-0.2, -0.15) is 0 Å². The molecule has 0 fully saturated rings. The first-order valence-electron chi connectivity index (χ1n) is 12.6. The highest BCUT2D eigenvalue weighted by atomic mass is 19.1. The molecule has 0 saturated carbocycles. The molecule has 1 heterocycles. The molecule has 3 aromatic carbocycles. The number of nitrogens with one attached hydrogen (secondary N) is 1. The second-order valence-electron chi connectivity index (χ2n) is 9.17. The molecule has 0 spiro atoms. The van der Waals surface area contributed by atoms with Gasteiger partial charge in [0.25, 0.3) is 5.91 Å². The van der Waals surface area contributed by atoms with Crippen LogP contribution in [0.2, 0.25) is 0 Å². The minimum atomic E-state index is -0.750. The van der Waals surface area contributed by atoms with Crippen LogP contribution < -0.4 is 10.2 Å². The molecule has 3 amide bonds. The molecule has 0 bridgehead atoms. The van der Waals surface area contributed by atoms with Crippen LogP contribution in [0.5, 0.6) is 0 Å². The van der Waals surface area contributed by atoms with E-state index in [-0.39, 0.29) is 30.7 Å². The second-order valence-corrected chi connectivity index (χ2v) is 9.17. The molecule has 188 valence electrons. The highest BCUT2D eigenvalue weighted by Crippen LogP contribution is 2.37. The standard InChI is InChI=1S/C29H32FN3O3/c1-3-4-17-31-28(35)20(2)33(19-22-10-5-6-14-24(22)30)26(34)16-9-18-32-25-15-8-12-21-11-7-13-23(27(21)25)29(32)36/h5-8,10-15,20H,3-4,9,16-19H2,1-2H3,(H,31,35)/t20-/m0/s1. The molecule has 1 aliphatic heterocycles.